The Kier molecular flexibility index (Phi) is 4.70. The van der Waals surface area contributed by atoms with E-state index in [-0.39, 0.29) is 16.7 Å². The maximum Gasteiger partial charge on any atom is 0.269 e. The van der Waals surface area contributed by atoms with E-state index in [0.717, 1.165) is 23.2 Å². The van der Waals surface area contributed by atoms with Crippen molar-refractivity contribution in [2.75, 3.05) is 0 Å². The molecule has 1 unspecified atom stereocenters. The Balaban J connectivity index is 2.11. The molecule has 0 aliphatic rings. The lowest BCUT2D eigenvalue weighted by Crippen LogP contribution is -2.20. The normalized spacial score (nSPS) is 12.3. The van der Waals surface area contributed by atoms with Gasteiger partial charge in [-0.05, 0) is 18.9 Å². The molecule has 6 nitrogen and oxygen atoms in total. The summed E-state index contributed by atoms with van der Waals surface area (Å²) in [6.45, 7) is 4.78. The first kappa shape index (κ1) is 15.2. The number of non-ortho nitro benzene ring substituents is 1. The third-order valence-corrected chi connectivity index (χ3v) is 3.77. The van der Waals surface area contributed by atoms with E-state index in [1.54, 1.807) is 12.1 Å². The summed E-state index contributed by atoms with van der Waals surface area (Å²) < 4.78 is 1.84. The van der Waals surface area contributed by atoms with Gasteiger partial charge in [-0.15, -0.1) is 0 Å². The van der Waals surface area contributed by atoms with Gasteiger partial charge in [0.2, 0.25) is 0 Å². The number of nitrogens with one attached hydrogen (secondary N) is 1. The molecule has 0 bridgehead atoms. The van der Waals surface area contributed by atoms with Gasteiger partial charge in [0, 0.05) is 43.0 Å². The van der Waals surface area contributed by atoms with Gasteiger partial charge in [0.25, 0.3) is 5.69 Å². The molecule has 0 saturated heterocycles. The molecule has 0 spiro atoms. The third-order valence-electron chi connectivity index (χ3n) is 3.77. The van der Waals surface area contributed by atoms with E-state index in [4.69, 9.17) is 0 Å². The second kappa shape index (κ2) is 6.49. The van der Waals surface area contributed by atoms with Crippen molar-refractivity contribution in [1.29, 1.82) is 0 Å². The molecular formula is C15H20N4O2. The Morgan fingerprint density at radius 2 is 2.24 bits per heavy atom. The summed E-state index contributed by atoms with van der Waals surface area (Å²) in [4.78, 5) is 10.5. The fourth-order valence-corrected chi connectivity index (χ4v) is 2.30. The third kappa shape index (κ3) is 3.46. The van der Waals surface area contributed by atoms with Crippen LogP contribution in [-0.4, -0.2) is 14.7 Å². The highest BCUT2D eigenvalue weighted by atomic mass is 16.6. The van der Waals surface area contributed by atoms with Gasteiger partial charge in [-0.25, -0.2) is 0 Å². The van der Waals surface area contributed by atoms with Crippen molar-refractivity contribution in [3.63, 3.8) is 0 Å². The summed E-state index contributed by atoms with van der Waals surface area (Å²) in [5.41, 5.74) is 3.33. The lowest BCUT2D eigenvalue weighted by molar-refractivity contribution is -0.384. The second-order valence-corrected chi connectivity index (χ2v) is 5.07. The van der Waals surface area contributed by atoms with Crippen molar-refractivity contribution in [1.82, 2.24) is 15.1 Å². The van der Waals surface area contributed by atoms with Gasteiger partial charge in [-0.3, -0.25) is 14.8 Å². The highest BCUT2D eigenvalue weighted by molar-refractivity contribution is 5.35. The Morgan fingerprint density at radius 1 is 1.48 bits per heavy atom. The van der Waals surface area contributed by atoms with Gasteiger partial charge < -0.3 is 5.32 Å². The van der Waals surface area contributed by atoms with Crippen LogP contribution in [0.5, 0.6) is 0 Å². The van der Waals surface area contributed by atoms with Crippen molar-refractivity contribution < 1.29 is 4.92 Å². The van der Waals surface area contributed by atoms with Crippen molar-refractivity contribution in [3.05, 3.63) is 57.4 Å². The molecule has 0 amide bonds. The summed E-state index contributed by atoms with van der Waals surface area (Å²) in [6.07, 6.45) is 2.71. The number of aryl methyl sites for hydroxylation is 1. The molecule has 0 fully saturated rings. The Hall–Kier alpha value is -2.21. The smallest absolute Gasteiger partial charge is 0.269 e. The molecule has 1 atom stereocenters. The second-order valence-electron chi connectivity index (χ2n) is 5.07. The molecule has 1 heterocycles. The Bertz CT molecular complexity index is 636. The van der Waals surface area contributed by atoms with Gasteiger partial charge >= 0.3 is 0 Å². The maximum absolute atomic E-state index is 10.9. The van der Waals surface area contributed by atoms with Crippen LogP contribution in [0.2, 0.25) is 0 Å². The van der Waals surface area contributed by atoms with Crippen LogP contribution in [0.4, 0.5) is 5.69 Å². The van der Waals surface area contributed by atoms with Crippen molar-refractivity contribution in [3.8, 4) is 0 Å². The number of nitro benzene ring substituents is 1. The minimum Gasteiger partial charge on any atom is -0.306 e. The molecule has 21 heavy (non-hydrogen) atoms. The first-order valence-electron chi connectivity index (χ1n) is 6.98. The molecule has 112 valence electrons. The molecule has 2 rings (SSSR count). The van der Waals surface area contributed by atoms with Gasteiger partial charge in [0.1, 0.15) is 0 Å². The molecule has 2 aromatic rings. The van der Waals surface area contributed by atoms with E-state index in [1.165, 1.54) is 6.07 Å². The number of nitrogens with zero attached hydrogens (tertiary/aromatic N) is 3. The van der Waals surface area contributed by atoms with E-state index in [9.17, 15) is 10.1 Å². The molecule has 1 aromatic carbocycles. The van der Waals surface area contributed by atoms with Crippen LogP contribution in [0.15, 0.2) is 30.5 Å². The van der Waals surface area contributed by atoms with Gasteiger partial charge in [-0.1, -0.05) is 19.1 Å². The summed E-state index contributed by atoms with van der Waals surface area (Å²) in [5.74, 6) is 0. The van der Waals surface area contributed by atoms with Crippen LogP contribution in [-0.2, 0) is 13.6 Å². The topological polar surface area (TPSA) is 73.0 Å². The molecule has 0 aliphatic heterocycles. The molecule has 0 aliphatic carbocycles. The van der Waals surface area contributed by atoms with E-state index >= 15 is 0 Å². The van der Waals surface area contributed by atoms with Crippen LogP contribution >= 0.6 is 0 Å². The van der Waals surface area contributed by atoms with E-state index in [2.05, 4.69) is 17.3 Å². The number of hydrogen-bond donors (Lipinski definition) is 1. The van der Waals surface area contributed by atoms with Crippen LogP contribution in [0.1, 0.15) is 36.2 Å². The number of rotatable bonds is 6. The average Bonchev–Trinajstić information content (AvgIpc) is 2.80. The van der Waals surface area contributed by atoms with Crippen LogP contribution in [0, 0.1) is 17.0 Å². The summed E-state index contributed by atoms with van der Waals surface area (Å²) in [6, 6.07) is 6.89. The van der Waals surface area contributed by atoms with E-state index in [0.29, 0.717) is 6.54 Å². The standard InChI is InChI=1S/C15H20N4O2/c1-4-15(12-6-5-7-14(8-12)19(20)21)16-9-13-10-17-18(3)11(13)2/h5-8,10,15-16H,4,9H2,1-3H3. The first-order valence-corrected chi connectivity index (χ1v) is 6.98. The molecule has 1 aromatic heterocycles. The largest absolute Gasteiger partial charge is 0.306 e. The van der Waals surface area contributed by atoms with E-state index < -0.39 is 0 Å². The fourth-order valence-electron chi connectivity index (χ4n) is 2.30. The zero-order valence-corrected chi connectivity index (χ0v) is 12.5. The van der Waals surface area contributed by atoms with E-state index in [1.807, 2.05) is 30.9 Å². The predicted molar refractivity (Wildman–Crippen MR) is 80.9 cm³/mol. The zero-order chi connectivity index (χ0) is 15.4. The highest BCUT2D eigenvalue weighted by Crippen LogP contribution is 2.22. The van der Waals surface area contributed by atoms with Gasteiger partial charge in [0.15, 0.2) is 0 Å². The van der Waals surface area contributed by atoms with Gasteiger partial charge in [0.05, 0.1) is 11.1 Å². The zero-order valence-electron chi connectivity index (χ0n) is 12.5. The van der Waals surface area contributed by atoms with Crippen LogP contribution in [0.3, 0.4) is 0 Å². The minimum absolute atomic E-state index is 0.0875. The average molecular weight is 288 g/mol. The monoisotopic (exact) mass is 288 g/mol. The first-order chi connectivity index (χ1) is 10.0. The van der Waals surface area contributed by atoms with Crippen molar-refractivity contribution in [2.45, 2.75) is 32.9 Å². The number of nitro groups is 1. The lowest BCUT2D eigenvalue weighted by atomic mass is 10.0. The van der Waals surface area contributed by atoms with Crippen molar-refractivity contribution >= 4 is 5.69 Å². The summed E-state index contributed by atoms with van der Waals surface area (Å²) in [7, 11) is 1.91. The van der Waals surface area contributed by atoms with Gasteiger partial charge in [-0.2, -0.15) is 5.10 Å². The van der Waals surface area contributed by atoms with Crippen LogP contribution < -0.4 is 5.32 Å². The Labute approximate surface area is 123 Å². The Morgan fingerprint density at radius 3 is 2.81 bits per heavy atom. The number of benzene rings is 1. The quantitative estimate of drug-likeness (QED) is 0.655. The van der Waals surface area contributed by atoms with Crippen molar-refractivity contribution in [2.24, 2.45) is 7.05 Å². The predicted octanol–water partition coefficient (Wildman–Crippen LogP) is 2.88. The summed E-state index contributed by atoms with van der Waals surface area (Å²) >= 11 is 0. The molecule has 1 N–H and O–H groups in total. The van der Waals surface area contributed by atoms with Crippen LogP contribution in [0.25, 0.3) is 0 Å². The SMILES string of the molecule is CCC(NCc1cnn(C)c1C)c1cccc([N+](=O)[O-])c1. The molecule has 0 saturated carbocycles. The fraction of sp³-hybridized carbons (Fsp3) is 0.400. The molecule has 0 radical (unpaired) electrons. The number of aromatic nitrogens is 2. The highest BCUT2D eigenvalue weighted by Gasteiger charge is 2.14. The number of hydrogen-bond acceptors (Lipinski definition) is 4. The molecular weight excluding hydrogens is 268 g/mol. The summed E-state index contributed by atoms with van der Waals surface area (Å²) in [5, 5.41) is 18.5. The lowest BCUT2D eigenvalue weighted by Gasteiger charge is -2.17. The minimum atomic E-state index is -0.360. The maximum atomic E-state index is 10.9. The molecule has 6 heteroatoms.